The molecule has 0 aromatic heterocycles. The molecule has 1 fully saturated rings. The van der Waals surface area contributed by atoms with Crippen LogP contribution in [-0.4, -0.2) is 48.7 Å². The summed E-state index contributed by atoms with van der Waals surface area (Å²) in [5, 5.41) is 0.943. The molecule has 24 heavy (non-hydrogen) atoms. The Hall–Kier alpha value is -1.56. The van der Waals surface area contributed by atoms with Crippen LogP contribution in [0.1, 0.15) is 19.4 Å². The van der Waals surface area contributed by atoms with Gasteiger partial charge in [0.25, 0.3) is 5.91 Å². The molecule has 0 N–H and O–H groups in total. The highest BCUT2D eigenvalue weighted by molar-refractivity contribution is 6.35. The summed E-state index contributed by atoms with van der Waals surface area (Å²) in [5.41, 5.74) is 0.639. The van der Waals surface area contributed by atoms with Gasteiger partial charge in [-0.25, -0.2) is 4.79 Å². The maximum Gasteiger partial charge on any atom is 0.331 e. The summed E-state index contributed by atoms with van der Waals surface area (Å²) < 4.78 is 10.6. The van der Waals surface area contributed by atoms with E-state index in [2.05, 4.69) is 0 Å². The Morgan fingerprint density at radius 2 is 1.96 bits per heavy atom. The van der Waals surface area contributed by atoms with E-state index in [0.717, 1.165) is 0 Å². The van der Waals surface area contributed by atoms with Gasteiger partial charge in [-0.1, -0.05) is 29.3 Å². The van der Waals surface area contributed by atoms with E-state index >= 15 is 0 Å². The molecule has 1 amide bonds. The minimum Gasteiger partial charge on any atom is -0.452 e. The molecular formula is C17H19Cl2NO4. The van der Waals surface area contributed by atoms with Crippen LogP contribution in [-0.2, 0) is 19.1 Å². The number of benzene rings is 1. The number of morpholine rings is 1. The fraction of sp³-hybridized carbons (Fsp3) is 0.412. The Labute approximate surface area is 151 Å². The highest BCUT2D eigenvalue weighted by atomic mass is 35.5. The molecule has 1 aromatic rings. The summed E-state index contributed by atoms with van der Waals surface area (Å²) in [4.78, 5) is 25.5. The SMILES string of the molecule is C[C@@H]1CN(C(=O)COC(=O)/C=C/c2ccc(Cl)cc2Cl)C[C@@H](C)O1. The number of ether oxygens (including phenoxy) is 2. The minimum atomic E-state index is -0.608. The molecule has 2 rings (SSSR count). The number of nitrogens with zero attached hydrogens (tertiary/aromatic N) is 1. The molecule has 1 aliphatic heterocycles. The highest BCUT2D eigenvalue weighted by Gasteiger charge is 2.26. The van der Waals surface area contributed by atoms with Crippen molar-refractivity contribution in [1.29, 1.82) is 0 Å². The van der Waals surface area contributed by atoms with Crippen molar-refractivity contribution in [1.82, 2.24) is 4.90 Å². The third kappa shape index (κ3) is 5.51. The Morgan fingerprint density at radius 3 is 2.58 bits per heavy atom. The molecule has 130 valence electrons. The van der Waals surface area contributed by atoms with Gasteiger partial charge in [0.2, 0.25) is 0 Å². The molecule has 5 nitrogen and oxygen atoms in total. The predicted molar refractivity (Wildman–Crippen MR) is 93.0 cm³/mol. The zero-order valence-electron chi connectivity index (χ0n) is 13.5. The second-order valence-electron chi connectivity index (χ2n) is 5.66. The van der Waals surface area contributed by atoms with Crippen LogP contribution in [0.15, 0.2) is 24.3 Å². The Balaban J connectivity index is 1.84. The van der Waals surface area contributed by atoms with Gasteiger partial charge in [0, 0.05) is 29.2 Å². The monoisotopic (exact) mass is 371 g/mol. The number of rotatable bonds is 4. The van der Waals surface area contributed by atoms with Crippen molar-refractivity contribution >= 4 is 41.2 Å². The lowest BCUT2D eigenvalue weighted by atomic mass is 10.2. The number of halogens is 2. The normalized spacial score (nSPS) is 21.1. The highest BCUT2D eigenvalue weighted by Crippen LogP contribution is 2.22. The van der Waals surface area contributed by atoms with Gasteiger partial charge < -0.3 is 14.4 Å². The largest absolute Gasteiger partial charge is 0.452 e. The number of esters is 1. The molecule has 0 saturated carbocycles. The smallest absolute Gasteiger partial charge is 0.331 e. The van der Waals surface area contributed by atoms with E-state index < -0.39 is 5.97 Å². The van der Waals surface area contributed by atoms with Crippen molar-refractivity contribution in [3.05, 3.63) is 39.9 Å². The van der Waals surface area contributed by atoms with Gasteiger partial charge >= 0.3 is 5.97 Å². The van der Waals surface area contributed by atoms with Crippen LogP contribution in [0.3, 0.4) is 0 Å². The van der Waals surface area contributed by atoms with E-state index in [1.54, 1.807) is 23.1 Å². The van der Waals surface area contributed by atoms with E-state index in [0.29, 0.717) is 28.7 Å². The third-order valence-electron chi connectivity index (χ3n) is 3.47. The van der Waals surface area contributed by atoms with E-state index in [4.69, 9.17) is 32.7 Å². The third-order valence-corrected chi connectivity index (χ3v) is 4.03. The zero-order valence-corrected chi connectivity index (χ0v) is 15.0. The van der Waals surface area contributed by atoms with E-state index in [9.17, 15) is 9.59 Å². The first kappa shape index (κ1) is 18.8. The molecule has 1 saturated heterocycles. The topological polar surface area (TPSA) is 55.8 Å². The fourth-order valence-electron chi connectivity index (χ4n) is 2.45. The lowest BCUT2D eigenvalue weighted by Gasteiger charge is -2.35. The molecule has 7 heteroatoms. The lowest BCUT2D eigenvalue weighted by molar-refractivity contribution is -0.154. The first-order chi connectivity index (χ1) is 11.3. The molecule has 1 heterocycles. The second-order valence-corrected chi connectivity index (χ2v) is 6.51. The molecule has 2 atom stereocenters. The maximum atomic E-state index is 12.1. The predicted octanol–water partition coefficient (Wildman–Crippen LogP) is 3.19. The summed E-state index contributed by atoms with van der Waals surface area (Å²) in [5.74, 6) is -0.841. The second kappa shape index (κ2) is 8.51. The fourth-order valence-corrected chi connectivity index (χ4v) is 2.92. The average molecular weight is 372 g/mol. The molecule has 0 aliphatic carbocycles. The quantitative estimate of drug-likeness (QED) is 0.602. The molecule has 0 spiro atoms. The van der Waals surface area contributed by atoms with E-state index in [1.165, 1.54) is 12.2 Å². The van der Waals surface area contributed by atoms with E-state index in [1.807, 2.05) is 13.8 Å². The summed E-state index contributed by atoms with van der Waals surface area (Å²) in [6.45, 7) is 4.51. The summed E-state index contributed by atoms with van der Waals surface area (Å²) in [7, 11) is 0. The van der Waals surface area contributed by atoms with Crippen LogP contribution in [0.2, 0.25) is 10.0 Å². The van der Waals surface area contributed by atoms with Gasteiger partial charge in [0.05, 0.1) is 12.2 Å². The summed E-state index contributed by atoms with van der Waals surface area (Å²) in [6, 6.07) is 4.94. The van der Waals surface area contributed by atoms with Crippen molar-refractivity contribution < 1.29 is 19.1 Å². The standard InChI is InChI=1S/C17H19Cl2NO4/c1-11-8-20(9-12(2)24-11)16(21)10-23-17(22)6-4-13-3-5-14(18)7-15(13)19/h3-7,11-12H,8-10H2,1-2H3/b6-4+/t11-,12-/m1/s1. The first-order valence-electron chi connectivity index (χ1n) is 7.58. The van der Waals surface area contributed by atoms with Gasteiger partial charge in [0.1, 0.15) is 0 Å². The minimum absolute atomic E-state index is 0.0275. The average Bonchev–Trinajstić information content (AvgIpc) is 2.50. The molecule has 0 radical (unpaired) electrons. The first-order valence-corrected chi connectivity index (χ1v) is 8.34. The zero-order chi connectivity index (χ0) is 17.7. The Bertz CT molecular complexity index is 637. The van der Waals surface area contributed by atoms with Crippen LogP contribution >= 0.6 is 23.2 Å². The van der Waals surface area contributed by atoms with Gasteiger partial charge in [0.15, 0.2) is 6.61 Å². The molecule has 0 unspecified atom stereocenters. The van der Waals surface area contributed by atoms with Crippen molar-refractivity contribution in [3.63, 3.8) is 0 Å². The Kier molecular flexibility index (Phi) is 6.66. The van der Waals surface area contributed by atoms with Crippen LogP contribution in [0, 0.1) is 0 Å². The van der Waals surface area contributed by atoms with Gasteiger partial charge in [-0.05, 0) is 37.6 Å². The van der Waals surface area contributed by atoms with Crippen LogP contribution in [0.25, 0.3) is 6.08 Å². The molecular weight excluding hydrogens is 353 g/mol. The van der Waals surface area contributed by atoms with Crippen molar-refractivity contribution in [2.24, 2.45) is 0 Å². The molecule has 1 aromatic carbocycles. The molecule has 0 bridgehead atoms. The summed E-state index contributed by atoms with van der Waals surface area (Å²) >= 11 is 11.8. The lowest BCUT2D eigenvalue weighted by Crippen LogP contribution is -2.49. The summed E-state index contributed by atoms with van der Waals surface area (Å²) in [6.07, 6.45) is 2.69. The number of carbonyl (C=O) groups excluding carboxylic acids is 2. The Morgan fingerprint density at radius 1 is 1.29 bits per heavy atom. The number of hydrogen-bond donors (Lipinski definition) is 0. The number of carbonyl (C=O) groups is 2. The van der Waals surface area contributed by atoms with E-state index in [-0.39, 0.29) is 24.7 Å². The van der Waals surface area contributed by atoms with Crippen molar-refractivity contribution in [2.75, 3.05) is 19.7 Å². The van der Waals surface area contributed by atoms with Crippen LogP contribution in [0.5, 0.6) is 0 Å². The van der Waals surface area contributed by atoms with Gasteiger partial charge in [-0.15, -0.1) is 0 Å². The number of hydrogen-bond acceptors (Lipinski definition) is 4. The molecule has 1 aliphatic rings. The number of amides is 1. The van der Waals surface area contributed by atoms with Gasteiger partial charge in [-0.3, -0.25) is 4.79 Å². The van der Waals surface area contributed by atoms with Crippen molar-refractivity contribution in [2.45, 2.75) is 26.1 Å². The van der Waals surface area contributed by atoms with Crippen molar-refractivity contribution in [3.8, 4) is 0 Å². The maximum absolute atomic E-state index is 12.1. The van der Waals surface area contributed by atoms with Crippen LogP contribution < -0.4 is 0 Å². The van der Waals surface area contributed by atoms with Gasteiger partial charge in [-0.2, -0.15) is 0 Å². The van der Waals surface area contributed by atoms with Crippen LogP contribution in [0.4, 0.5) is 0 Å².